The van der Waals surface area contributed by atoms with Crippen LogP contribution in [0.25, 0.3) is 0 Å². The molecule has 0 aliphatic heterocycles. The van der Waals surface area contributed by atoms with Crippen molar-refractivity contribution in [3.05, 3.63) is 35.4 Å². The third-order valence-corrected chi connectivity index (χ3v) is 2.90. The quantitative estimate of drug-likeness (QED) is 0.361. The molecule has 0 bridgehead atoms. The summed E-state index contributed by atoms with van der Waals surface area (Å²) in [5.41, 5.74) is 5.71. The van der Waals surface area contributed by atoms with Crippen LogP contribution < -0.4 is 5.73 Å². The second-order valence-corrected chi connectivity index (χ2v) is 4.64. The lowest BCUT2D eigenvalue weighted by atomic mass is 10.1. The second kappa shape index (κ2) is 7.04. The highest BCUT2D eigenvalue weighted by Crippen LogP contribution is 2.14. The van der Waals surface area contributed by atoms with Gasteiger partial charge in [-0.25, -0.2) is 8.78 Å². The average molecular weight is 271 g/mol. The molecule has 0 aliphatic carbocycles. The molecule has 106 valence electrons. The largest absolute Gasteiger partial charge is 0.409 e. The summed E-state index contributed by atoms with van der Waals surface area (Å²) in [6.07, 6.45) is 0.367. The van der Waals surface area contributed by atoms with E-state index in [9.17, 15) is 8.78 Å². The van der Waals surface area contributed by atoms with Gasteiger partial charge in [0.15, 0.2) is 0 Å². The fourth-order valence-electron chi connectivity index (χ4n) is 1.71. The molecule has 1 aromatic carbocycles. The Morgan fingerprint density at radius 3 is 2.68 bits per heavy atom. The lowest BCUT2D eigenvalue weighted by molar-refractivity contribution is 0.214. The van der Waals surface area contributed by atoms with E-state index in [-0.39, 0.29) is 18.4 Å². The van der Waals surface area contributed by atoms with E-state index >= 15 is 0 Å². The van der Waals surface area contributed by atoms with Crippen molar-refractivity contribution in [3.8, 4) is 0 Å². The lowest BCUT2D eigenvalue weighted by Gasteiger charge is -2.26. The molecule has 0 heterocycles. The predicted molar refractivity (Wildman–Crippen MR) is 69.9 cm³/mol. The van der Waals surface area contributed by atoms with E-state index < -0.39 is 11.6 Å². The van der Waals surface area contributed by atoms with Gasteiger partial charge < -0.3 is 10.9 Å². The molecule has 3 N–H and O–H groups in total. The van der Waals surface area contributed by atoms with E-state index in [0.29, 0.717) is 18.5 Å². The van der Waals surface area contributed by atoms with Crippen LogP contribution in [-0.2, 0) is 6.54 Å². The van der Waals surface area contributed by atoms with Crippen molar-refractivity contribution in [2.75, 3.05) is 6.54 Å². The Morgan fingerprint density at radius 1 is 1.42 bits per heavy atom. The Morgan fingerprint density at radius 2 is 2.11 bits per heavy atom. The van der Waals surface area contributed by atoms with Crippen LogP contribution in [0.1, 0.15) is 25.8 Å². The van der Waals surface area contributed by atoms with Gasteiger partial charge in [0.05, 0.1) is 0 Å². The number of amidine groups is 1. The van der Waals surface area contributed by atoms with Crippen LogP contribution >= 0.6 is 0 Å². The van der Waals surface area contributed by atoms with Gasteiger partial charge in [0.25, 0.3) is 0 Å². The van der Waals surface area contributed by atoms with Gasteiger partial charge >= 0.3 is 0 Å². The molecule has 0 aromatic heterocycles. The van der Waals surface area contributed by atoms with Crippen molar-refractivity contribution < 1.29 is 14.0 Å². The van der Waals surface area contributed by atoms with Gasteiger partial charge in [0, 0.05) is 31.1 Å². The maximum atomic E-state index is 13.6. The van der Waals surface area contributed by atoms with E-state index in [0.717, 1.165) is 12.1 Å². The summed E-state index contributed by atoms with van der Waals surface area (Å²) in [5.74, 6) is -0.780. The molecular weight excluding hydrogens is 252 g/mol. The van der Waals surface area contributed by atoms with Crippen LogP contribution in [0, 0.1) is 11.6 Å². The predicted octanol–water partition coefficient (Wildman–Crippen LogP) is 2.31. The summed E-state index contributed by atoms with van der Waals surface area (Å²) >= 11 is 0. The van der Waals surface area contributed by atoms with Crippen LogP contribution in [0.3, 0.4) is 0 Å². The van der Waals surface area contributed by atoms with Crippen LogP contribution in [0.4, 0.5) is 8.78 Å². The molecule has 0 spiro atoms. The molecule has 6 heteroatoms. The van der Waals surface area contributed by atoms with Crippen LogP contribution in [0.5, 0.6) is 0 Å². The number of hydrogen-bond donors (Lipinski definition) is 2. The Kier molecular flexibility index (Phi) is 5.69. The number of oxime groups is 1. The monoisotopic (exact) mass is 271 g/mol. The number of benzene rings is 1. The van der Waals surface area contributed by atoms with Gasteiger partial charge in [0.2, 0.25) is 0 Å². The van der Waals surface area contributed by atoms with Gasteiger partial charge in [-0.3, -0.25) is 4.90 Å². The molecule has 4 nitrogen and oxygen atoms in total. The van der Waals surface area contributed by atoms with Crippen molar-refractivity contribution in [2.45, 2.75) is 32.9 Å². The van der Waals surface area contributed by atoms with Crippen LogP contribution in [0.15, 0.2) is 23.4 Å². The Bertz CT molecular complexity index is 450. The molecule has 0 unspecified atom stereocenters. The van der Waals surface area contributed by atoms with Gasteiger partial charge in [-0.15, -0.1) is 0 Å². The minimum Gasteiger partial charge on any atom is -0.409 e. The number of rotatable bonds is 6. The van der Waals surface area contributed by atoms with Crippen molar-refractivity contribution in [1.82, 2.24) is 4.90 Å². The zero-order valence-corrected chi connectivity index (χ0v) is 11.1. The highest BCUT2D eigenvalue weighted by atomic mass is 19.1. The first-order valence-electron chi connectivity index (χ1n) is 6.08. The molecule has 19 heavy (non-hydrogen) atoms. The van der Waals surface area contributed by atoms with E-state index in [4.69, 9.17) is 10.9 Å². The molecule has 0 saturated heterocycles. The second-order valence-electron chi connectivity index (χ2n) is 4.64. The fraction of sp³-hybridized carbons (Fsp3) is 0.462. The topological polar surface area (TPSA) is 61.8 Å². The number of nitrogens with zero attached hydrogens (tertiary/aromatic N) is 2. The molecule has 0 radical (unpaired) electrons. The van der Waals surface area contributed by atoms with Gasteiger partial charge in [-0.2, -0.15) is 0 Å². The molecule has 0 saturated carbocycles. The number of hydrogen-bond acceptors (Lipinski definition) is 3. The fourth-order valence-corrected chi connectivity index (χ4v) is 1.71. The molecule has 1 rings (SSSR count). The third-order valence-electron chi connectivity index (χ3n) is 2.90. The van der Waals surface area contributed by atoms with Crippen LogP contribution in [0.2, 0.25) is 0 Å². The van der Waals surface area contributed by atoms with E-state index in [2.05, 4.69) is 5.16 Å². The molecular formula is C13H19F2N3O. The normalized spacial score (nSPS) is 12.4. The maximum absolute atomic E-state index is 13.6. The van der Waals surface area contributed by atoms with Crippen molar-refractivity contribution in [2.24, 2.45) is 10.9 Å². The summed E-state index contributed by atoms with van der Waals surface area (Å²) in [7, 11) is 0. The smallest absolute Gasteiger partial charge is 0.140 e. The van der Waals surface area contributed by atoms with Crippen molar-refractivity contribution in [1.29, 1.82) is 0 Å². The molecule has 0 fully saturated rings. The highest BCUT2D eigenvalue weighted by Gasteiger charge is 2.14. The zero-order valence-electron chi connectivity index (χ0n) is 11.1. The molecule has 0 atom stereocenters. The van der Waals surface area contributed by atoms with Crippen LogP contribution in [-0.4, -0.2) is 28.5 Å². The standard InChI is InChI=1S/C13H19F2N3O/c1-9(2)18(6-5-13(16)17-19)8-10-7-11(14)3-4-12(10)15/h3-4,7,9,19H,5-6,8H2,1-2H3,(H2,16,17). The first kappa shape index (κ1) is 15.4. The minimum atomic E-state index is -0.462. The van der Waals surface area contributed by atoms with E-state index in [1.165, 1.54) is 6.07 Å². The maximum Gasteiger partial charge on any atom is 0.140 e. The molecule has 0 aliphatic rings. The lowest BCUT2D eigenvalue weighted by Crippen LogP contribution is -2.33. The summed E-state index contributed by atoms with van der Waals surface area (Å²) in [6, 6.07) is 3.53. The highest BCUT2D eigenvalue weighted by molar-refractivity contribution is 5.79. The summed E-state index contributed by atoms with van der Waals surface area (Å²) in [6.45, 7) is 4.68. The van der Waals surface area contributed by atoms with Gasteiger partial charge in [0.1, 0.15) is 17.5 Å². The third kappa shape index (κ3) is 4.82. The minimum absolute atomic E-state index is 0.116. The Balaban J connectivity index is 2.75. The average Bonchev–Trinajstić information content (AvgIpc) is 2.37. The van der Waals surface area contributed by atoms with E-state index in [1.807, 2.05) is 18.7 Å². The number of halogens is 2. The zero-order chi connectivity index (χ0) is 14.4. The van der Waals surface area contributed by atoms with Crippen molar-refractivity contribution in [3.63, 3.8) is 0 Å². The first-order chi connectivity index (χ1) is 8.93. The van der Waals surface area contributed by atoms with Gasteiger partial charge in [-0.05, 0) is 32.0 Å². The molecule has 1 aromatic rings. The molecule has 0 amide bonds. The number of nitrogens with two attached hydrogens (primary N) is 1. The van der Waals surface area contributed by atoms with Gasteiger partial charge in [-0.1, -0.05) is 5.16 Å². The summed E-state index contributed by atoms with van der Waals surface area (Å²) < 4.78 is 26.7. The summed E-state index contributed by atoms with van der Waals surface area (Å²) in [5, 5.41) is 11.4. The van der Waals surface area contributed by atoms with E-state index in [1.54, 1.807) is 0 Å². The Labute approximate surface area is 111 Å². The van der Waals surface area contributed by atoms with Crippen molar-refractivity contribution >= 4 is 5.84 Å². The summed E-state index contributed by atoms with van der Waals surface area (Å²) in [4.78, 5) is 1.93. The first-order valence-corrected chi connectivity index (χ1v) is 6.08. The Hall–Kier alpha value is -1.69. The SMILES string of the molecule is CC(C)N(CCC(N)=NO)Cc1cc(F)ccc1F.